The molecular weight excluding hydrogens is 289 g/mol. The predicted octanol–water partition coefficient (Wildman–Crippen LogP) is 2.85. The first-order chi connectivity index (χ1) is 9.38. The number of fused-ring (bicyclic) bond motifs is 1. The summed E-state index contributed by atoms with van der Waals surface area (Å²) in [4.78, 5) is 0.293. The van der Waals surface area contributed by atoms with Gasteiger partial charge in [0, 0.05) is 29.2 Å². The van der Waals surface area contributed by atoms with Crippen molar-refractivity contribution < 1.29 is 17.9 Å². The lowest BCUT2D eigenvalue weighted by molar-refractivity contribution is -0.174. The molecule has 1 aromatic carbocycles. The number of ether oxygens (including phenoxy) is 1. The summed E-state index contributed by atoms with van der Waals surface area (Å²) in [5.74, 6) is 0. The highest BCUT2D eigenvalue weighted by Gasteiger charge is 2.27. The first-order valence-electron chi connectivity index (χ1n) is 5.90. The van der Waals surface area contributed by atoms with Gasteiger partial charge in [-0.3, -0.25) is 0 Å². The van der Waals surface area contributed by atoms with Crippen molar-refractivity contribution in [2.24, 2.45) is 5.73 Å². The molecule has 2 aromatic rings. The van der Waals surface area contributed by atoms with Crippen LogP contribution in [0.15, 0.2) is 30.5 Å². The van der Waals surface area contributed by atoms with E-state index in [-0.39, 0.29) is 6.61 Å². The molecule has 2 N–H and O–H groups in total. The number of hydrogen-bond acceptors (Lipinski definition) is 2. The Hall–Kier alpha value is -1.60. The third-order valence-corrected chi connectivity index (χ3v) is 3.04. The van der Waals surface area contributed by atoms with Crippen LogP contribution in [0.2, 0.25) is 0 Å². The molecule has 108 valence electrons. The molecule has 3 nitrogen and oxygen atoms in total. The van der Waals surface area contributed by atoms with Gasteiger partial charge >= 0.3 is 6.18 Å². The number of aromatic nitrogens is 1. The third-order valence-electron chi connectivity index (χ3n) is 2.82. The average molecular weight is 302 g/mol. The van der Waals surface area contributed by atoms with Crippen LogP contribution >= 0.6 is 12.2 Å². The zero-order valence-corrected chi connectivity index (χ0v) is 11.3. The average Bonchev–Trinajstić information content (AvgIpc) is 2.76. The summed E-state index contributed by atoms with van der Waals surface area (Å²) in [6, 6.07) is 7.33. The third kappa shape index (κ3) is 3.49. The summed E-state index contributed by atoms with van der Waals surface area (Å²) in [6.07, 6.45) is -2.51. The SMILES string of the molecule is NC(=S)c1cccc2c1ccn2CCOCC(F)(F)F. The Kier molecular flexibility index (Phi) is 4.29. The number of nitrogens with two attached hydrogens (primary N) is 1. The van der Waals surface area contributed by atoms with Crippen LogP contribution in [-0.4, -0.2) is 28.9 Å². The topological polar surface area (TPSA) is 40.2 Å². The van der Waals surface area contributed by atoms with Crippen molar-refractivity contribution in [1.82, 2.24) is 4.57 Å². The van der Waals surface area contributed by atoms with Gasteiger partial charge in [-0.15, -0.1) is 0 Å². The second-order valence-electron chi connectivity index (χ2n) is 4.28. The maximum Gasteiger partial charge on any atom is 0.411 e. The lowest BCUT2D eigenvalue weighted by atomic mass is 10.1. The van der Waals surface area contributed by atoms with Crippen molar-refractivity contribution >= 4 is 28.1 Å². The van der Waals surface area contributed by atoms with E-state index >= 15 is 0 Å². The van der Waals surface area contributed by atoms with Crippen LogP contribution in [0.5, 0.6) is 0 Å². The Morgan fingerprint density at radius 1 is 1.30 bits per heavy atom. The van der Waals surface area contributed by atoms with Gasteiger partial charge in [0.1, 0.15) is 11.6 Å². The van der Waals surface area contributed by atoms with Gasteiger partial charge in [-0.2, -0.15) is 13.2 Å². The number of hydrogen-bond donors (Lipinski definition) is 1. The van der Waals surface area contributed by atoms with Crippen molar-refractivity contribution in [2.75, 3.05) is 13.2 Å². The second kappa shape index (κ2) is 5.80. The van der Waals surface area contributed by atoms with Gasteiger partial charge in [-0.25, -0.2) is 0 Å². The van der Waals surface area contributed by atoms with E-state index in [0.29, 0.717) is 11.5 Å². The van der Waals surface area contributed by atoms with Gasteiger partial charge in [0.15, 0.2) is 0 Å². The normalized spacial score (nSPS) is 11.9. The van der Waals surface area contributed by atoms with Gasteiger partial charge in [0.05, 0.1) is 6.61 Å². The van der Waals surface area contributed by atoms with Crippen LogP contribution in [0.4, 0.5) is 13.2 Å². The molecule has 0 atom stereocenters. The molecule has 7 heteroatoms. The predicted molar refractivity (Wildman–Crippen MR) is 74.7 cm³/mol. The maximum absolute atomic E-state index is 12.0. The van der Waals surface area contributed by atoms with Gasteiger partial charge in [0.2, 0.25) is 0 Å². The van der Waals surface area contributed by atoms with E-state index in [9.17, 15) is 13.2 Å². The summed E-state index contributed by atoms with van der Waals surface area (Å²) in [5.41, 5.74) is 7.25. The molecule has 1 aromatic heterocycles. The van der Waals surface area contributed by atoms with Crippen molar-refractivity contribution in [2.45, 2.75) is 12.7 Å². The minimum Gasteiger partial charge on any atom is -0.389 e. The number of alkyl halides is 3. The van der Waals surface area contributed by atoms with Crippen molar-refractivity contribution in [3.8, 4) is 0 Å². The molecule has 0 saturated heterocycles. The summed E-state index contributed by atoms with van der Waals surface area (Å²) < 4.78 is 42.3. The Balaban J connectivity index is 2.08. The highest BCUT2D eigenvalue weighted by atomic mass is 32.1. The van der Waals surface area contributed by atoms with Crippen LogP contribution in [0.25, 0.3) is 10.9 Å². The fourth-order valence-corrected chi connectivity index (χ4v) is 2.16. The highest BCUT2D eigenvalue weighted by Crippen LogP contribution is 2.20. The molecule has 0 aliphatic heterocycles. The highest BCUT2D eigenvalue weighted by molar-refractivity contribution is 7.80. The van der Waals surface area contributed by atoms with Gasteiger partial charge < -0.3 is 15.0 Å². The zero-order chi connectivity index (χ0) is 14.8. The van der Waals surface area contributed by atoms with E-state index in [1.165, 1.54) is 0 Å². The largest absolute Gasteiger partial charge is 0.411 e. The molecular formula is C13H13F3N2OS. The standard InChI is InChI=1S/C13H13F3N2OS/c14-13(15,16)8-19-7-6-18-5-4-9-10(12(17)20)2-1-3-11(9)18/h1-5H,6-8H2,(H2,17,20). The molecule has 0 radical (unpaired) electrons. The molecule has 0 saturated carbocycles. The quantitative estimate of drug-likeness (QED) is 0.682. The molecule has 1 heterocycles. The Labute approximate surface area is 119 Å². The van der Waals surface area contributed by atoms with E-state index in [0.717, 1.165) is 16.5 Å². The first kappa shape index (κ1) is 14.8. The first-order valence-corrected chi connectivity index (χ1v) is 6.31. The van der Waals surface area contributed by atoms with Crippen molar-refractivity contribution in [3.05, 3.63) is 36.0 Å². The maximum atomic E-state index is 12.0. The number of nitrogens with zero attached hydrogens (tertiary/aromatic N) is 1. The monoisotopic (exact) mass is 302 g/mol. The molecule has 0 fully saturated rings. The van der Waals surface area contributed by atoms with Gasteiger partial charge in [-0.05, 0) is 12.1 Å². The zero-order valence-electron chi connectivity index (χ0n) is 10.5. The van der Waals surface area contributed by atoms with Crippen LogP contribution in [0, 0.1) is 0 Å². The van der Waals surface area contributed by atoms with Gasteiger partial charge in [0.25, 0.3) is 0 Å². The molecule has 0 unspecified atom stereocenters. The van der Waals surface area contributed by atoms with E-state index in [2.05, 4.69) is 4.74 Å². The van der Waals surface area contributed by atoms with Crippen LogP contribution < -0.4 is 5.73 Å². The fraction of sp³-hybridized carbons (Fsp3) is 0.308. The molecule has 0 bridgehead atoms. The van der Waals surface area contributed by atoms with Gasteiger partial charge in [-0.1, -0.05) is 24.4 Å². The molecule has 20 heavy (non-hydrogen) atoms. The Morgan fingerprint density at radius 2 is 2.05 bits per heavy atom. The van der Waals surface area contributed by atoms with E-state index in [4.69, 9.17) is 18.0 Å². The number of halogens is 3. The Morgan fingerprint density at radius 3 is 2.70 bits per heavy atom. The van der Waals surface area contributed by atoms with E-state index < -0.39 is 12.8 Å². The second-order valence-corrected chi connectivity index (χ2v) is 4.72. The number of thiocarbonyl (C=S) groups is 1. The number of rotatable bonds is 5. The van der Waals surface area contributed by atoms with E-state index in [1.54, 1.807) is 6.20 Å². The van der Waals surface area contributed by atoms with Crippen molar-refractivity contribution in [1.29, 1.82) is 0 Å². The summed E-state index contributed by atoms with van der Waals surface area (Å²) in [5, 5.41) is 0.885. The fourth-order valence-electron chi connectivity index (χ4n) is 1.98. The molecule has 0 aliphatic carbocycles. The van der Waals surface area contributed by atoms with Crippen LogP contribution in [0.1, 0.15) is 5.56 Å². The molecule has 0 amide bonds. The minimum atomic E-state index is -4.29. The minimum absolute atomic E-state index is 0.0133. The number of benzene rings is 1. The molecule has 0 spiro atoms. The molecule has 0 aliphatic rings. The lowest BCUT2D eigenvalue weighted by Gasteiger charge is -2.09. The van der Waals surface area contributed by atoms with Crippen LogP contribution in [-0.2, 0) is 11.3 Å². The summed E-state index contributed by atoms with van der Waals surface area (Å²) in [6.45, 7) is -0.911. The van der Waals surface area contributed by atoms with E-state index in [1.807, 2.05) is 28.8 Å². The summed E-state index contributed by atoms with van der Waals surface area (Å²) in [7, 11) is 0. The smallest absolute Gasteiger partial charge is 0.389 e. The van der Waals surface area contributed by atoms with Crippen molar-refractivity contribution in [3.63, 3.8) is 0 Å². The Bertz CT molecular complexity index is 622. The lowest BCUT2D eigenvalue weighted by Crippen LogP contribution is -2.18. The summed E-state index contributed by atoms with van der Waals surface area (Å²) >= 11 is 4.96. The van der Waals surface area contributed by atoms with Crippen LogP contribution in [0.3, 0.4) is 0 Å². The molecule has 2 rings (SSSR count).